The molecule has 2 rings (SSSR count). The lowest BCUT2D eigenvalue weighted by molar-refractivity contribution is -0.127. The Balaban J connectivity index is 1.76. The summed E-state index contributed by atoms with van der Waals surface area (Å²) in [5.74, 6) is 3.93. The molecule has 2 heterocycles. The second-order valence-electron chi connectivity index (χ2n) is 3.96. The lowest BCUT2D eigenvalue weighted by atomic mass is 10.4. The van der Waals surface area contributed by atoms with E-state index in [4.69, 9.17) is 0 Å². The zero-order valence-electron chi connectivity index (χ0n) is 8.13. The number of hydrogen-bond acceptors (Lipinski definition) is 1. The first-order valence-corrected chi connectivity index (χ1v) is 7.01. The summed E-state index contributed by atoms with van der Waals surface area (Å²) in [5, 5.41) is 0. The molecule has 13 heavy (non-hydrogen) atoms. The van der Waals surface area contributed by atoms with Gasteiger partial charge in [-0.05, 0) is 36.6 Å². The summed E-state index contributed by atoms with van der Waals surface area (Å²) in [4.78, 5) is 13.8. The molecule has 0 aromatic carbocycles. The Morgan fingerprint density at radius 3 is 2.31 bits per heavy atom. The van der Waals surface area contributed by atoms with Crippen molar-refractivity contribution in [2.24, 2.45) is 0 Å². The van der Waals surface area contributed by atoms with Crippen molar-refractivity contribution in [2.45, 2.75) is 25.7 Å². The molecule has 2 nitrogen and oxygen atoms in total. The highest BCUT2D eigenvalue weighted by atomic mass is 32.2. The Kier molecular flexibility index (Phi) is 3.14. The molecule has 0 saturated carbocycles. The number of carbonyl (C=O) groups excluding carboxylic acids is 1. The third-order valence-electron chi connectivity index (χ3n) is 2.90. The van der Waals surface area contributed by atoms with Gasteiger partial charge in [-0.3, -0.25) is 4.79 Å². The minimum atomic E-state index is 0.433. The molecule has 3 heteroatoms. The maximum Gasteiger partial charge on any atom is 0.272 e. The fraction of sp³-hybridized carbons (Fsp3) is 0.900. The topological polar surface area (TPSA) is 20.3 Å². The molecular weight excluding hydrogens is 182 g/mol. The van der Waals surface area contributed by atoms with Crippen LogP contribution in [-0.2, 0) is 15.7 Å². The molecule has 74 valence electrons. The molecule has 0 aromatic rings. The minimum absolute atomic E-state index is 0.433. The molecule has 0 aliphatic carbocycles. The van der Waals surface area contributed by atoms with Crippen LogP contribution in [0.3, 0.4) is 0 Å². The summed E-state index contributed by atoms with van der Waals surface area (Å²) >= 11 is 0. The van der Waals surface area contributed by atoms with E-state index in [9.17, 15) is 4.79 Å². The monoisotopic (exact) mass is 200 g/mol. The highest BCUT2D eigenvalue weighted by molar-refractivity contribution is 7.97. The molecule has 2 aliphatic rings. The summed E-state index contributed by atoms with van der Waals surface area (Å²) in [6, 6.07) is 0. The van der Waals surface area contributed by atoms with E-state index in [0.29, 0.717) is 16.8 Å². The van der Waals surface area contributed by atoms with Gasteiger partial charge in [0.15, 0.2) is 5.75 Å². The Morgan fingerprint density at radius 2 is 1.69 bits per heavy atom. The van der Waals surface area contributed by atoms with E-state index in [0.717, 1.165) is 18.8 Å². The quantitative estimate of drug-likeness (QED) is 0.610. The molecule has 2 saturated heterocycles. The molecular formula is C10H18NOS+. The van der Waals surface area contributed by atoms with Crippen molar-refractivity contribution in [1.82, 2.24) is 4.90 Å². The van der Waals surface area contributed by atoms with Crippen LogP contribution < -0.4 is 0 Å². The third-order valence-corrected chi connectivity index (χ3v) is 5.29. The molecule has 0 bridgehead atoms. The second kappa shape index (κ2) is 4.36. The van der Waals surface area contributed by atoms with Crippen LogP contribution in [0.5, 0.6) is 0 Å². The van der Waals surface area contributed by atoms with Crippen molar-refractivity contribution in [2.75, 3.05) is 30.3 Å². The predicted octanol–water partition coefficient (Wildman–Crippen LogP) is 1.02. The maximum absolute atomic E-state index is 11.7. The van der Waals surface area contributed by atoms with Gasteiger partial charge in [-0.2, -0.15) is 0 Å². The van der Waals surface area contributed by atoms with Crippen LogP contribution in [0.15, 0.2) is 0 Å². The first-order valence-electron chi connectivity index (χ1n) is 5.28. The van der Waals surface area contributed by atoms with Gasteiger partial charge in [0.25, 0.3) is 5.91 Å². The van der Waals surface area contributed by atoms with Crippen molar-refractivity contribution >= 4 is 16.8 Å². The Labute approximate surface area is 83.0 Å². The van der Waals surface area contributed by atoms with Crippen LogP contribution in [0.2, 0.25) is 0 Å². The van der Waals surface area contributed by atoms with Gasteiger partial charge in [0, 0.05) is 13.1 Å². The summed E-state index contributed by atoms with van der Waals surface area (Å²) < 4.78 is 0. The first kappa shape index (κ1) is 9.38. The maximum atomic E-state index is 11.7. The molecule has 2 fully saturated rings. The van der Waals surface area contributed by atoms with Crippen molar-refractivity contribution < 1.29 is 4.79 Å². The fourth-order valence-electron chi connectivity index (χ4n) is 2.09. The lowest BCUT2D eigenvalue weighted by Crippen LogP contribution is -2.33. The molecule has 0 N–H and O–H groups in total. The average Bonchev–Trinajstić information content (AvgIpc) is 2.74. The third kappa shape index (κ3) is 2.39. The van der Waals surface area contributed by atoms with Gasteiger partial charge in [0.05, 0.1) is 0 Å². The molecule has 0 unspecified atom stereocenters. The number of rotatable bonds is 2. The SMILES string of the molecule is O=C(C[S+]1CCCC1)N1CCCC1. The van der Waals surface area contributed by atoms with E-state index in [1.807, 2.05) is 0 Å². The Bertz CT molecular complexity index is 183. The van der Waals surface area contributed by atoms with E-state index in [-0.39, 0.29) is 0 Å². The number of hydrogen-bond donors (Lipinski definition) is 0. The number of nitrogens with zero attached hydrogens (tertiary/aromatic N) is 1. The van der Waals surface area contributed by atoms with Gasteiger partial charge in [-0.25, -0.2) is 0 Å². The van der Waals surface area contributed by atoms with Crippen LogP contribution in [-0.4, -0.2) is 41.2 Å². The van der Waals surface area contributed by atoms with Gasteiger partial charge < -0.3 is 4.90 Å². The van der Waals surface area contributed by atoms with Crippen LogP contribution in [0.1, 0.15) is 25.7 Å². The van der Waals surface area contributed by atoms with Gasteiger partial charge in [-0.1, -0.05) is 0 Å². The summed E-state index contributed by atoms with van der Waals surface area (Å²) in [7, 11) is 0.455. The predicted molar refractivity (Wildman–Crippen MR) is 57.0 cm³/mol. The molecule has 0 aromatic heterocycles. The van der Waals surface area contributed by atoms with Gasteiger partial charge in [-0.15, -0.1) is 0 Å². The van der Waals surface area contributed by atoms with Gasteiger partial charge in [0.1, 0.15) is 11.5 Å². The Hall–Kier alpha value is -0.180. The summed E-state index contributed by atoms with van der Waals surface area (Å²) in [5.41, 5.74) is 0. The smallest absolute Gasteiger partial charge is 0.272 e. The first-order chi connectivity index (χ1) is 6.36. The normalized spacial score (nSPS) is 24.2. The van der Waals surface area contributed by atoms with E-state index in [2.05, 4.69) is 4.90 Å². The standard InChI is InChI=1S/C10H18NOS/c12-10(11-5-1-2-6-11)9-13-7-3-4-8-13/h1-9H2/q+1. The molecule has 0 atom stereocenters. The molecule has 2 aliphatic heterocycles. The van der Waals surface area contributed by atoms with Crippen molar-refractivity contribution in [3.05, 3.63) is 0 Å². The minimum Gasteiger partial charge on any atom is -0.339 e. The number of carbonyl (C=O) groups is 1. The van der Waals surface area contributed by atoms with E-state index in [1.165, 1.54) is 37.2 Å². The average molecular weight is 200 g/mol. The second-order valence-corrected chi connectivity index (χ2v) is 6.29. The zero-order valence-corrected chi connectivity index (χ0v) is 8.94. The summed E-state index contributed by atoms with van der Waals surface area (Å²) in [6.07, 6.45) is 5.16. The van der Waals surface area contributed by atoms with E-state index in [1.54, 1.807) is 0 Å². The number of amides is 1. The lowest BCUT2D eigenvalue weighted by Gasteiger charge is -2.13. The highest BCUT2D eigenvalue weighted by Crippen LogP contribution is 2.15. The highest BCUT2D eigenvalue weighted by Gasteiger charge is 2.30. The van der Waals surface area contributed by atoms with Crippen LogP contribution >= 0.6 is 0 Å². The summed E-state index contributed by atoms with van der Waals surface area (Å²) in [6.45, 7) is 2.05. The van der Waals surface area contributed by atoms with Gasteiger partial charge >= 0.3 is 0 Å². The van der Waals surface area contributed by atoms with Crippen LogP contribution in [0.25, 0.3) is 0 Å². The largest absolute Gasteiger partial charge is 0.339 e. The van der Waals surface area contributed by atoms with Crippen molar-refractivity contribution in [3.63, 3.8) is 0 Å². The van der Waals surface area contributed by atoms with Crippen LogP contribution in [0.4, 0.5) is 0 Å². The molecule has 1 amide bonds. The molecule has 0 radical (unpaired) electrons. The van der Waals surface area contributed by atoms with Gasteiger partial charge in [0.2, 0.25) is 0 Å². The Morgan fingerprint density at radius 1 is 1.08 bits per heavy atom. The van der Waals surface area contributed by atoms with Crippen molar-refractivity contribution in [1.29, 1.82) is 0 Å². The molecule has 0 spiro atoms. The van der Waals surface area contributed by atoms with E-state index >= 15 is 0 Å². The zero-order chi connectivity index (χ0) is 9.10. The van der Waals surface area contributed by atoms with Crippen LogP contribution in [0, 0.1) is 0 Å². The fourth-order valence-corrected chi connectivity index (χ4v) is 4.34. The number of likely N-dealkylation sites (tertiary alicyclic amines) is 1. The van der Waals surface area contributed by atoms with E-state index < -0.39 is 0 Å². The van der Waals surface area contributed by atoms with Crippen molar-refractivity contribution in [3.8, 4) is 0 Å².